The smallest absolute Gasteiger partial charge is 0.224 e. The highest BCUT2D eigenvalue weighted by molar-refractivity contribution is 6.28. The van der Waals surface area contributed by atoms with Gasteiger partial charge in [0.05, 0.1) is 25.5 Å². The van der Waals surface area contributed by atoms with Crippen LogP contribution in [0.1, 0.15) is 0 Å². The average molecular weight is 248 g/mol. The van der Waals surface area contributed by atoms with Gasteiger partial charge in [0, 0.05) is 14.2 Å². The van der Waals surface area contributed by atoms with Crippen LogP contribution in [0.5, 0.6) is 5.75 Å². The molecule has 16 heavy (non-hydrogen) atoms. The molecule has 6 nitrogen and oxygen atoms in total. The van der Waals surface area contributed by atoms with E-state index in [0.29, 0.717) is 6.61 Å². The summed E-state index contributed by atoms with van der Waals surface area (Å²) in [4.78, 5) is 9.11. The maximum atomic E-state index is 9.57. The first kappa shape index (κ1) is 13.0. The van der Waals surface area contributed by atoms with Crippen LogP contribution in [-0.4, -0.2) is 53.6 Å². The number of hydrogen-bond donors (Lipinski definition) is 2. The molecular formula is C9H14ClN3O3. The fourth-order valence-electron chi connectivity index (χ4n) is 1.26. The summed E-state index contributed by atoms with van der Waals surface area (Å²) in [6.45, 7) is 0.194. The molecular weight excluding hydrogens is 234 g/mol. The first-order chi connectivity index (χ1) is 7.60. The van der Waals surface area contributed by atoms with Crippen molar-refractivity contribution in [1.82, 2.24) is 9.97 Å². The molecule has 0 spiro atoms. The van der Waals surface area contributed by atoms with E-state index in [1.807, 2.05) is 0 Å². The molecule has 0 radical (unpaired) electrons. The molecule has 7 heteroatoms. The minimum absolute atomic E-state index is 0.0359. The second-order valence-corrected chi connectivity index (χ2v) is 3.59. The zero-order valence-corrected chi connectivity index (χ0v) is 9.85. The van der Waals surface area contributed by atoms with Crippen molar-refractivity contribution in [3.63, 3.8) is 0 Å². The molecule has 1 atom stereocenters. The molecule has 0 aliphatic heterocycles. The molecule has 2 N–H and O–H groups in total. The number of likely N-dealkylation sites (N-methyl/N-ethyl adjacent to an activating group) is 1. The molecule has 0 saturated carbocycles. The van der Waals surface area contributed by atoms with Crippen LogP contribution in [0, 0.1) is 0 Å². The largest absolute Gasteiger partial charge is 0.503 e. The predicted molar refractivity (Wildman–Crippen MR) is 59.9 cm³/mol. The van der Waals surface area contributed by atoms with E-state index in [9.17, 15) is 5.11 Å². The molecule has 0 bridgehead atoms. The highest BCUT2D eigenvalue weighted by atomic mass is 35.5. The summed E-state index contributed by atoms with van der Waals surface area (Å²) in [7, 11) is 3.21. The Hall–Kier alpha value is -1.11. The number of hydrogen-bond acceptors (Lipinski definition) is 6. The molecule has 1 unspecified atom stereocenters. The molecule has 1 aromatic rings. The fraction of sp³-hybridized carbons (Fsp3) is 0.556. The van der Waals surface area contributed by atoms with E-state index >= 15 is 0 Å². The summed E-state index contributed by atoms with van der Waals surface area (Å²) in [5.74, 6) is 0.164. The third-order valence-corrected chi connectivity index (χ3v) is 2.35. The molecule has 1 aromatic heterocycles. The van der Waals surface area contributed by atoms with Crippen molar-refractivity contribution >= 4 is 17.4 Å². The van der Waals surface area contributed by atoms with Crippen molar-refractivity contribution in [2.24, 2.45) is 0 Å². The molecule has 0 aromatic carbocycles. The van der Waals surface area contributed by atoms with Gasteiger partial charge in [-0.05, 0) is 11.6 Å². The molecule has 0 amide bonds. The van der Waals surface area contributed by atoms with Gasteiger partial charge in [0.15, 0.2) is 11.6 Å². The summed E-state index contributed by atoms with van der Waals surface area (Å²) >= 11 is 5.63. The van der Waals surface area contributed by atoms with Crippen molar-refractivity contribution < 1.29 is 14.9 Å². The van der Waals surface area contributed by atoms with Crippen LogP contribution in [-0.2, 0) is 4.74 Å². The predicted octanol–water partition coefficient (Wildman–Crippen LogP) is 0.279. The Bertz CT molecular complexity index is 351. The monoisotopic (exact) mass is 247 g/mol. The second-order valence-electron chi connectivity index (χ2n) is 3.25. The van der Waals surface area contributed by atoms with Crippen LogP contribution in [0.2, 0.25) is 5.28 Å². The maximum Gasteiger partial charge on any atom is 0.224 e. The molecule has 1 heterocycles. The van der Waals surface area contributed by atoms with Crippen molar-refractivity contribution in [1.29, 1.82) is 0 Å². The number of aliphatic hydroxyl groups is 1. The minimum atomic E-state index is -0.304. The van der Waals surface area contributed by atoms with Crippen LogP contribution in [0.15, 0.2) is 6.20 Å². The first-order valence-electron chi connectivity index (χ1n) is 4.64. The summed E-state index contributed by atoms with van der Waals surface area (Å²) < 4.78 is 4.95. The molecule has 0 aliphatic carbocycles. The van der Waals surface area contributed by atoms with Gasteiger partial charge in [0.25, 0.3) is 0 Å². The van der Waals surface area contributed by atoms with E-state index < -0.39 is 0 Å². The maximum absolute atomic E-state index is 9.57. The SMILES string of the molecule is COCC(CO)N(C)c1nc(Cl)ncc1O. The van der Waals surface area contributed by atoms with E-state index in [2.05, 4.69) is 9.97 Å². The van der Waals surface area contributed by atoms with Gasteiger partial charge in [-0.25, -0.2) is 4.98 Å². The van der Waals surface area contributed by atoms with E-state index in [0.717, 1.165) is 0 Å². The second kappa shape index (κ2) is 5.83. The number of ether oxygens (including phenoxy) is 1. The summed E-state index contributed by atoms with van der Waals surface area (Å²) in [6.07, 6.45) is 1.21. The zero-order chi connectivity index (χ0) is 12.1. The zero-order valence-electron chi connectivity index (χ0n) is 9.09. The Kier molecular flexibility index (Phi) is 4.72. The van der Waals surface area contributed by atoms with Crippen LogP contribution in [0.25, 0.3) is 0 Å². The topological polar surface area (TPSA) is 78.7 Å². The Balaban J connectivity index is 2.93. The molecule has 1 rings (SSSR count). The Morgan fingerprint density at radius 3 is 2.88 bits per heavy atom. The van der Waals surface area contributed by atoms with E-state index in [4.69, 9.17) is 21.4 Å². The van der Waals surface area contributed by atoms with Gasteiger partial charge in [-0.1, -0.05) is 0 Å². The lowest BCUT2D eigenvalue weighted by atomic mass is 10.3. The average Bonchev–Trinajstić information content (AvgIpc) is 2.28. The van der Waals surface area contributed by atoms with Crippen molar-refractivity contribution in [3.05, 3.63) is 11.5 Å². The Morgan fingerprint density at radius 1 is 1.62 bits per heavy atom. The van der Waals surface area contributed by atoms with Gasteiger partial charge in [0.2, 0.25) is 5.28 Å². The van der Waals surface area contributed by atoms with Crippen LogP contribution in [0.4, 0.5) is 5.82 Å². The van der Waals surface area contributed by atoms with E-state index in [-0.39, 0.29) is 29.5 Å². The van der Waals surface area contributed by atoms with Gasteiger partial charge in [-0.15, -0.1) is 0 Å². The Morgan fingerprint density at radius 2 is 2.31 bits per heavy atom. The number of rotatable bonds is 5. The van der Waals surface area contributed by atoms with Gasteiger partial charge < -0.3 is 19.8 Å². The number of methoxy groups -OCH3 is 1. The van der Waals surface area contributed by atoms with Crippen molar-refractivity contribution in [2.45, 2.75) is 6.04 Å². The number of halogens is 1. The third-order valence-electron chi connectivity index (χ3n) is 2.17. The number of aliphatic hydroxyl groups excluding tert-OH is 1. The third kappa shape index (κ3) is 2.94. The number of nitrogens with zero attached hydrogens (tertiary/aromatic N) is 3. The summed E-state index contributed by atoms with van der Waals surface area (Å²) in [6, 6.07) is -0.304. The Labute approximate surface area is 98.5 Å². The lowest BCUT2D eigenvalue weighted by Crippen LogP contribution is -2.39. The first-order valence-corrected chi connectivity index (χ1v) is 5.02. The van der Waals surface area contributed by atoms with Gasteiger partial charge in [0.1, 0.15) is 0 Å². The lowest BCUT2D eigenvalue weighted by Gasteiger charge is -2.27. The minimum Gasteiger partial charge on any atom is -0.503 e. The number of aromatic nitrogens is 2. The molecule has 0 fully saturated rings. The lowest BCUT2D eigenvalue weighted by molar-refractivity contribution is 0.143. The standard InChI is InChI=1S/C9H14ClN3O3/c1-13(6(4-14)5-16-2)8-7(15)3-11-9(10)12-8/h3,6,14-15H,4-5H2,1-2H3. The quantitative estimate of drug-likeness (QED) is 0.728. The fourth-order valence-corrected chi connectivity index (χ4v) is 1.39. The highest BCUT2D eigenvalue weighted by Gasteiger charge is 2.18. The van der Waals surface area contributed by atoms with Gasteiger partial charge in [-0.2, -0.15) is 4.98 Å². The van der Waals surface area contributed by atoms with Crippen molar-refractivity contribution in [3.8, 4) is 5.75 Å². The number of aromatic hydroxyl groups is 1. The highest BCUT2D eigenvalue weighted by Crippen LogP contribution is 2.25. The summed E-state index contributed by atoms with van der Waals surface area (Å²) in [5.41, 5.74) is 0. The van der Waals surface area contributed by atoms with Gasteiger partial charge >= 0.3 is 0 Å². The van der Waals surface area contributed by atoms with E-state index in [1.54, 1.807) is 11.9 Å². The van der Waals surface area contributed by atoms with Gasteiger partial charge in [-0.3, -0.25) is 0 Å². The van der Waals surface area contributed by atoms with Crippen LogP contribution >= 0.6 is 11.6 Å². The summed E-state index contributed by atoms with van der Waals surface area (Å²) in [5, 5.41) is 18.8. The molecule has 0 aliphatic rings. The van der Waals surface area contributed by atoms with Crippen molar-refractivity contribution in [2.75, 3.05) is 32.3 Å². The number of anilines is 1. The molecule has 90 valence electrons. The van der Waals surface area contributed by atoms with Crippen LogP contribution in [0.3, 0.4) is 0 Å². The molecule has 0 saturated heterocycles. The normalized spacial score (nSPS) is 12.5. The van der Waals surface area contributed by atoms with E-state index in [1.165, 1.54) is 13.3 Å². The van der Waals surface area contributed by atoms with Crippen LogP contribution < -0.4 is 4.90 Å².